The van der Waals surface area contributed by atoms with Gasteiger partial charge in [0.1, 0.15) is 0 Å². The van der Waals surface area contributed by atoms with Gasteiger partial charge in [-0.25, -0.2) is 4.98 Å². The van der Waals surface area contributed by atoms with E-state index in [9.17, 15) is 0 Å². The fraction of sp³-hybridized carbons (Fsp3) is 0.688. The highest BCUT2D eigenvalue weighted by Crippen LogP contribution is 2.16. The van der Waals surface area contributed by atoms with Crippen LogP contribution in [0.4, 0.5) is 0 Å². The third-order valence-corrected chi connectivity index (χ3v) is 3.45. The fourth-order valence-corrected chi connectivity index (χ4v) is 2.59. The van der Waals surface area contributed by atoms with Crippen LogP contribution in [0.5, 0.6) is 5.88 Å². The van der Waals surface area contributed by atoms with E-state index < -0.39 is 0 Å². The van der Waals surface area contributed by atoms with E-state index in [0.29, 0.717) is 24.5 Å². The van der Waals surface area contributed by atoms with Crippen LogP contribution in [0.15, 0.2) is 18.3 Å². The maximum atomic E-state index is 5.83. The summed E-state index contributed by atoms with van der Waals surface area (Å²) in [6.45, 7) is 10.9. The summed E-state index contributed by atoms with van der Waals surface area (Å²) < 4.78 is 11.2. The van der Waals surface area contributed by atoms with Crippen molar-refractivity contribution in [2.75, 3.05) is 26.3 Å². The summed E-state index contributed by atoms with van der Waals surface area (Å²) in [6.07, 6.45) is 3.43. The summed E-state index contributed by atoms with van der Waals surface area (Å²) in [4.78, 5) is 6.77. The molecule has 1 aromatic rings. The van der Waals surface area contributed by atoms with Crippen molar-refractivity contribution in [1.82, 2.24) is 9.88 Å². The number of hydrogen-bond donors (Lipinski definition) is 0. The molecule has 1 atom stereocenters. The second-order valence-electron chi connectivity index (χ2n) is 5.80. The second-order valence-corrected chi connectivity index (χ2v) is 5.80. The molecule has 1 fully saturated rings. The van der Waals surface area contributed by atoms with Gasteiger partial charge in [-0.1, -0.05) is 19.9 Å². The molecule has 2 rings (SSSR count). The van der Waals surface area contributed by atoms with Crippen molar-refractivity contribution in [3.8, 4) is 5.88 Å². The topological polar surface area (TPSA) is 34.6 Å². The van der Waals surface area contributed by atoms with Crippen molar-refractivity contribution in [3.63, 3.8) is 0 Å². The number of nitrogens with zero attached hydrogens (tertiary/aromatic N) is 2. The number of rotatable bonds is 6. The van der Waals surface area contributed by atoms with Gasteiger partial charge in [0.05, 0.1) is 19.3 Å². The molecule has 2 heterocycles. The van der Waals surface area contributed by atoms with E-state index in [1.807, 2.05) is 19.2 Å². The Labute approximate surface area is 122 Å². The molecule has 1 saturated heterocycles. The molecule has 20 heavy (non-hydrogen) atoms. The summed E-state index contributed by atoms with van der Waals surface area (Å²) in [5.74, 6) is 1.39. The summed E-state index contributed by atoms with van der Waals surface area (Å²) in [5.41, 5.74) is 1.23. The van der Waals surface area contributed by atoms with Gasteiger partial charge in [-0.3, -0.25) is 4.90 Å². The summed E-state index contributed by atoms with van der Waals surface area (Å²) >= 11 is 0. The van der Waals surface area contributed by atoms with Gasteiger partial charge in [0.2, 0.25) is 5.88 Å². The van der Waals surface area contributed by atoms with Crippen LogP contribution in [0.25, 0.3) is 0 Å². The lowest BCUT2D eigenvalue weighted by Crippen LogP contribution is -2.42. The Morgan fingerprint density at radius 1 is 1.45 bits per heavy atom. The summed E-state index contributed by atoms with van der Waals surface area (Å²) in [5, 5.41) is 0. The highest BCUT2D eigenvalue weighted by molar-refractivity contribution is 5.17. The van der Waals surface area contributed by atoms with Crippen LogP contribution >= 0.6 is 0 Å². The highest BCUT2D eigenvalue weighted by Gasteiger charge is 2.21. The standard InChI is InChI=1S/C16H26N2O2/c1-4-19-16-6-5-14(10-17-16)11-18-7-8-20-15(12-18)9-13(2)3/h5-6,10,13,15H,4,7-9,11-12H2,1-3H3. The van der Waals surface area contributed by atoms with Gasteiger partial charge in [0.15, 0.2) is 0 Å². The van der Waals surface area contributed by atoms with Crippen LogP contribution in [0.2, 0.25) is 0 Å². The van der Waals surface area contributed by atoms with E-state index in [4.69, 9.17) is 9.47 Å². The van der Waals surface area contributed by atoms with E-state index in [2.05, 4.69) is 29.8 Å². The second kappa shape index (κ2) is 7.60. The lowest BCUT2D eigenvalue weighted by Gasteiger charge is -2.33. The SMILES string of the molecule is CCOc1ccc(CN2CCOC(CC(C)C)C2)cn1. The van der Waals surface area contributed by atoms with Crippen LogP contribution in [-0.4, -0.2) is 42.3 Å². The quantitative estimate of drug-likeness (QED) is 0.801. The smallest absolute Gasteiger partial charge is 0.213 e. The molecule has 1 aromatic heterocycles. The van der Waals surface area contributed by atoms with Crippen molar-refractivity contribution in [1.29, 1.82) is 0 Å². The van der Waals surface area contributed by atoms with Crippen molar-refractivity contribution in [2.24, 2.45) is 5.92 Å². The minimum Gasteiger partial charge on any atom is -0.478 e. The van der Waals surface area contributed by atoms with Gasteiger partial charge < -0.3 is 9.47 Å². The van der Waals surface area contributed by atoms with Crippen molar-refractivity contribution in [2.45, 2.75) is 39.8 Å². The lowest BCUT2D eigenvalue weighted by molar-refractivity contribution is -0.0400. The molecule has 1 aliphatic rings. The Balaban J connectivity index is 1.85. The first kappa shape index (κ1) is 15.3. The molecule has 1 aliphatic heterocycles. The molecular weight excluding hydrogens is 252 g/mol. The van der Waals surface area contributed by atoms with Crippen LogP contribution in [0, 0.1) is 5.92 Å². The van der Waals surface area contributed by atoms with Gasteiger partial charge in [0.25, 0.3) is 0 Å². The molecule has 4 heteroatoms. The average molecular weight is 278 g/mol. The molecule has 0 radical (unpaired) electrons. The predicted octanol–water partition coefficient (Wildman–Crippen LogP) is 2.73. The minimum atomic E-state index is 0.374. The van der Waals surface area contributed by atoms with Crippen molar-refractivity contribution in [3.05, 3.63) is 23.9 Å². The molecule has 0 saturated carbocycles. The first-order valence-electron chi connectivity index (χ1n) is 7.59. The van der Waals surface area contributed by atoms with Crippen LogP contribution in [-0.2, 0) is 11.3 Å². The Kier molecular flexibility index (Phi) is 5.80. The molecule has 0 spiro atoms. The van der Waals surface area contributed by atoms with Gasteiger partial charge in [0, 0.05) is 31.9 Å². The molecule has 0 aromatic carbocycles. The van der Waals surface area contributed by atoms with Gasteiger partial charge >= 0.3 is 0 Å². The Morgan fingerprint density at radius 2 is 2.30 bits per heavy atom. The Hall–Kier alpha value is -1.13. The fourth-order valence-electron chi connectivity index (χ4n) is 2.59. The van der Waals surface area contributed by atoms with Crippen molar-refractivity contribution < 1.29 is 9.47 Å². The zero-order valence-electron chi connectivity index (χ0n) is 12.8. The van der Waals surface area contributed by atoms with E-state index in [1.54, 1.807) is 0 Å². The predicted molar refractivity (Wildman–Crippen MR) is 79.9 cm³/mol. The molecule has 0 amide bonds. The van der Waals surface area contributed by atoms with Gasteiger partial charge in [-0.15, -0.1) is 0 Å². The third-order valence-electron chi connectivity index (χ3n) is 3.45. The monoisotopic (exact) mass is 278 g/mol. The van der Waals surface area contributed by atoms with E-state index in [1.165, 1.54) is 5.56 Å². The van der Waals surface area contributed by atoms with Gasteiger partial charge in [-0.2, -0.15) is 0 Å². The zero-order chi connectivity index (χ0) is 14.4. The van der Waals surface area contributed by atoms with Crippen LogP contribution in [0.3, 0.4) is 0 Å². The summed E-state index contributed by atoms with van der Waals surface area (Å²) in [7, 11) is 0. The first-order chi connectivity index (χ1) is 9.67. The maximum absolute atomic E-state index is 5.83. The molecule has 4 nitrogen and oxygen atoms in total. The van der Waals surface area contributed by atoms with Crippen molar-refractivity contribution >= 4 is 0 Å². The maximum Gasteiger partial charge on any atom is 0.213 e. The molecule has 0 bridgehead atoms. The Morgan fingerprint density at radius 3 is 2.95 bits per heavy atom. The van der Waals surface area contributed by atoms with Crippen LogP contribution < -0.4 is 4.74 Å². The van der Waals surface area contributed by atoms with E-state index >= 15 is 0 Å². The summed E-state index contributed by atoms with van der Waals surface area (Å²) in [6, 6.07) is 4.05. The number of aromatic nitrogens is 1. The Bertz CT molecular complexity index is 392. The number of pyridine rings is 1. The third kappa shape index (κ3) is 4.76. The highest BCUT2D eigenvalue weighted by atomic mass is 16.5. The lowest BCUT2D eigenvalue weighted by atomic mass is 10.0. The van der Waals surface area contributed by atoms with E-state index in [0.717, 1.165) is 32.7 Å². The molecular formula is C16H26N2O2. The number of morpholine rings is 1. The molecule has 0 N–H and O–H groups in total. The van der Waals surface area contributed by atoms with Gasteiger partial charge in [-0.05, 0) is 24.8 Å². The number of hydrogen-bond acceptors (Lipinski definition) is 4. The molecule has 1 unspecified atom stereocenters. The first-order valence-corrected chi connectivity index (χ1v) is 7.59. The van der Waals surface area contributed by atoms with Crippen LogP contribution in [0.1, 0.15) is 32.8 Å². The minimum absolute atomic E-state index is 0.374. The largest absolute Gasteiger partial charge is 0.478 e. The molecule has 0 aliphatic carbocycles. The normalized spacial score (nSPS) is 20.3. The number of ether oxygens (including phenoxy) is 2. The van der Waals surface area contributed by atoms with E-state index in [-0.39, 0.29) is 0 Å². The zero-order valence-corrected chi connectivity index (χ0v) is 12.8. The average Bonchev–Trinajstić information content (AvgIpc) is 2.41. The molecule has 112 valence electrons.